The lowest BCUT2D eigenvalue weighted by atomic mass is 9.91. The molecule has 2 aliphatic heterocycles. The maximum absolute atomic E-state index is 17.3. The number of phenols is 1. The summed E-state index contributed by atoms with van der Waals surface area (Å²) in [5.41, 5.74) is 7.87. The molecule has 290 valence electrons. The maximum atomic E-state index is 17.3. The highest BCUT2D eigenvalue weighted by Crippen LogP contribution is 2.52. The van der Waals surface area contributed by atoms with Crippen LogP contribution in [0, 0.1) is 23.0 Å². The molecule has 6 heterocycles. The van der Waals surface area contributed by atoms with E-state index in [4.69, 9.17) is 16.2 Å². The van der Waals surface area contributed by atoms with Gasteiger partial charge in [0.1, 0.15) is 58.1 Å². The number of aromatic hydroxyl groups is 1. The summed E-state index contributed by atoms with van der Waals surface area (Å²) in [6, 6.07) is 5.35. The fourth-order valence-corrected chi connectivity index (χ4v) is 9.04. The SMILES string of the molecule is Cn1cc(C[C@@H](Nc2nc(OC[C@@]34CCCN3C[C@H](F)C4)nc3c(F)c(-c4ccc(F)c5sc(N)c(C#N)c45)c(C(F)(F)F)c(O)c23)c2cccnc2N)cn1. The summed E-state index contributed by atoms with van der Waals surface area (Å²) in [5.74, 6) is -4.30. The predicted molar refractivity (Wildman–Crippen MR) is 197 cm³/mol. The number of anilines is 3. The minimum absolute atomic E-state index is 0.0727. The van der Waals surface area contributed by atoms with Crippen molar-refractivity contribution in [1.82, 2.24) is 29.6 Å². The minimum atomic E-state index is -5.42. The van der Waals surface area contributed by atoms with Crippen molar-refractivity contribution in [2.24, 2.45) is 7.05 Å². The smallest absolute Gasteiger partial charge is 0.420 e. The van der Waals surface area contributed by atoms with Crippen molar-refractivity contribution >= 4 is 49.0 Å². The molecule has 3 atom stereocenters. The Hall–Kier alpha value is -5.87. The molecule has 2 aromatic carbocycles. The van der Waals surface area contributed by atoms with Gasteiger partial charge < -0.3 is 26.6 Å². The molecule has 2 fully saturated rings. The third kappa shape index (κ3) is 6.22. The first kappa shape index (κ1) is 37.1. The molecule has 12 nitrogen and oxygen atoms in total. The highest BCUT2D eigenvalue weighted by atomic mass is 32.1. The highest BCUT2D eigenvalue weighted by Gasteiger charge is 2.49. The molecule has 2 saturated heterocycles. The summed E-state index contributed by atoms with van der Waals surface area (Å²) in [6.07, 6.45) is -0.135. The third-order valence-electron chi connectivity index (χ3n) is 10.5. The van der Waals surface area contributed by atoms with E-state index >= 15 is 22.0 Å². The molecule has 0 aliphatic carbocycles. The number of benzene rings is 2. The molecule has 6 aromatic rings. The second-order valence-corrected chi connectivity index (χ2v) is 15.1. The lowest BCUT2D eigenvalue weighted by molar-refractivity contribution is -0.138. The number of hydrogen-bond donors (Lipinski definition) is 4. The van der Waals surface area contributed by atoms with Gasteiger partial charge in [-0.15, -0.1) is 11.3 Å². The van der Waals surface area contributed by atoms with Crippen LogP contribution in [0.5, 0.6) is 11.8 Å². The van der Waals surface area contributed by atoms with Crippen LogP contribution in [0.4, 0.5) is 43.0 Å². The number of phenolic OH excluding ortho intramolecular Hbond substituents is 1. The molecule has 0 saturated carbocycles. The standard InChI is InChI=1S/C37H32F6N10O2S/c1-52-14-17(13-48-52)10-23(19-4-2-8-47-32(19)45)49-34-26-29(50-35(51-34)55-16-36-7-3-9-53(36)15-18(38)11-36)28(40)25(27(30(26)54)37(41,42)43)20-5-6-22(39)31-24(20)21(12-44)33(46)56-31/h2,4-6,8,13-14,18,23,54H,3,7,9-11,15-16,46H2,1H3,(H2,45,47)(H,49,50,51)/t18-,23-,36+/m1/s1. The maximum Gasteiger partial charge on any atom is 0.420 e. The van der Waals surface area contributed by atoms with Gasteiger partial charge in [0, 0.05) is 55.3 Å². The van der Waals surface area contributed by atoms with Crippen molar-refractivity contribution in [1.29, 1.82) is 5.26 Å². The summed E-state index contributed by atoms with van der Waals surface area (Å²) < 4.78 is 100. The summed E-state index contributed by atoms with van der Waals surface area (Å²) in [5, 5.41) is 27.6. The summed E-state index contributed by atoms with van der Waals surface area (Å²) in [4.78, 5) is 14.8. The van der Waals surface area contributed by atoms with Gasteiger partial charge in [0.15, 0.2) is 5.82 Å². The van der Waals surface area contributed by atoms with Gasteiger partial charge in [-0.2, -0.15) is 33.5 Å². The van der Waals surface area contributed by atoms with Crippen molar-refractivity contribution in [3.63, 3.8) is 0 Å². The van der Waals surface area contributed by atoms with E-state index in [2.05, 4.69) is 25.4 Å². The Labute approximate surface area is 318 Å². The average molecular weight is 795 g/mol. The van der Waals surface area contributed by atoms with Crippen LogP contribution in [0.1, 0.15) is 47.6 Å². The molecule has 0 amide bonds. The lowest BCUT2D eigenvalue weighted by Crippen LogP contribution is -2.43. The van der Waals surface area contributed by atoms with E-state index in [-0.39, 0.29) is 52.5 Å². The van der Waals surface area contributed by atoms with E-state index in [0.29, 0.717) is 35.4 Å². The second kappa shape index (κ2) is 13.7. The Morgan fingerprint density at radius 3 is 2.71 bits per heavy atom. The summed E-state index contributed by atoms with van der Waals surface area (Å²) in [6.45, 7) is 0.716. The highest BCUT2D eigenvalue weighted by molar-refractivity contribution is 7.23. The summed E-state index contributed by atoms with van der Waals surface area (Å²) in [7, 11) is 1.70. The average Bonchev–Trinajstić information content (AvgIpc) is 3.90. The van der Waals surface area contributed by atoms with Gasteiger partial charge in [0.2, 0.25) is 0 Å². The zero-order valence-electron chi connectivity index (χ0n) is 29.5. The van der Waals surface area contributed by atoms with Crippen molar-refractivity contribution in [2.75, 3.05) is 36.5 Å². The second-order valence-electron chi connectivity index (χ2n) is 14.0. The molecule has 0 bridgehead atoms. The minimum Gasteiger partial charge on any atom is -0.506 e. The number of nitrogens with zero attached hydrogens (tertiary/aromatic N) is 7. The van der Waals surface area contributed by atoms with E-state index in [0.717, 1.165) is 18.6 Å². The zero-order valence-corrected chi connectivity index (χ0v) is 30.3. The van der Waals surface area contributed by atoms with E-state index in [1.165, 1.54) is 6.20 Å². The van der Waals surface area contributed by atoms with Crippen LogP contribution in [0.15, 0.2) is 42.9 Å². The monoisotopic (exact) mass is 794 g/mol. The van der Waals surface area contributed by atoms with Crippen LogP contribution in [0.3, 0.4) is 0 Å². The summed E-state index contributed by atoms with van der Waals surface area (Å²) >= 11 is 0.611. The van der Waals surface area contributed by atoms with E-state index in [9.17, 15) is 14.8 Å². The molecule has 19 heteroatoms. The number of rotatable bonds is 9. The van der Waals surface area contributed by atoms with Gasteiger partial charge in [0.25, 0.3) is 0 Å². The number of nitrogens with one attached hydrogen (secondary N) is 1. The van der Waals surface area contributed by atoms with Crippen molar-refractivity contribution in [2.45, 2.75) is 49.6 Å². The largest absolute Gasteiger partial charge is 0.506 e. The van der Waals surface area contributed by atoms with E-state index in [1.807, 2.05) is 4.90 Å². The lowest BCUT2D eigenvalue weighted by Gasteiger charge is -2.31. The van der Waals surface area contributed by atoms with E-state index in [1.54, 1.807) is 42.3 Å². The molecular formula is C37H32F6N10O2S. The van der Waals surface area contributed by atoms with Crippen molar-refractivity contribution in [3.8, 4) is 29.0 Å². The number of nitrogens with two attached hydrogens (primary N) is 2. The molecule has 8 rings (SSSR count). The molecule has 2 aliphatic rings. The molecule has 0 unspecified atom stereocenters. The number of nitrogen functional groups attached to an aromatic ring is 2. The van der Waals surface area contributed by atoms with Crippen LogP contribution in [0.25, 0.3) is 32.1 Å². The number of thiophene rings is 1. The number of nitriles is 1. The van der Waals surface area contributed by atoms with Gasteiger partial charge in [-0.3, -0.25) is 9.58 Å². The number of hydrogen-bond acceptors (Lipinski definition) is 12. The molecule has 0 spiro atoms. The Morgan fingerprint density at radius 1 is 1.20 bits per heavy atom. The number of pyridine rings is 1. The first-order valence-corrected chi connectivity index (χ1v) is 18.2. The van der Waals surface area contributed by atoms with Gasteiger partial charge in [-0.1, -0.05) is 12.1 Å². The Bertz CT molecular complexity index is 2570. The normalized spacial score (nSPS) is 19.1. The van der Waals surface area contributed by atoms with Crippen LogP contribution in [-0.4, -0.2) is 66.1 Å². The van der Waals surface area contributed by atoms with Crippen molar-refractivity contribution in [3.05, 3.63) is 76.7 Å². The molecular weight excluding hydrogens is 763 g/mol. The van der Waals surface area contributed by atoms with Gasteiger partial charge in [-0.05, 0) is 42.6 Å². The Balaban J connectivity index is 1.38. The first-order chi connectivity index (χ1) is 26.7. The fourth-order valence-electron chi connectivity index (χ4n) is 8.09. The first-order valence-electron chi connectivity index (χ1n) is 17.4. The fraction of sp³-hybridized carbons (Fsp3) is 0.324. The number of aromatic nitrogens is 5. The molecule has 4 aromatic heterocycles. The number of alkyl halides is 4. The van der Waals surface area contributed by atoms with Gasteiger partial charge >= 0.3 is 12.2 Å². The predicted octanol–water partition coefficient (Wildman–Crippen LogP) is 7.03. The van der Waals surface area contributed by atoms with Crippen LogP contribution in [-0.2, 0) is 19.6 Å². The molecule has 6 N–H and O–H groups in total. The quantitative estimate of drug-likeness (QED) is 0.111. The van der Waals surface area contributed by atoms with Gasteiger partial charge in [-0.25, -0.2) is 18.2 Å². The van der Waals surface area contributed by atoms with Crippen LogP contribution in [0.2, 0.25) is 0 Å². The van der Waals surface area contributed by atoms with E-state index < -0.39 is 80.7 Å². The topological polar surface area (TPSA) is 177 Å². The van der Waals surface area contributed by atoms with Crippen LogP contribution < -0.4 is 21.5 Å². The zero-order chi connectivity index (χ0) is 39.7. The number of aryl methyl sites for hydroxylation is 1. The number of fused-ring (bicyclic) bond motifs is 3. The van der Waals surface area contributed by atoms with Gasteiger partial charge in [0.05, 0.1) is 33.4 Å². The number of halogens is 6. The number of ether oxygens (including phenoxy) is 1. The molecule has 56 heavy (non-hydrogen) atoms. The molecule has 0 radical (unpaired) electrons. The Kier molecular flexibility index (Phi) is 9.07. The third-order valence-corrected chi connectivity index (χ3v) is 11.5. The van der Waals surface area contributed by atoms with Crippen LogP contribution >= 0.6 is 11.3 Å². The Morgan fingerprint density at radius 2 is 2.00 bits per heavy atom. The van der Waals surface area contributed by atoms with Crippen molar-refractivity contribution < 1.29 is 36.2 Å².